The van der Waals surface area contributed by atoms with Crippen molar-refractivity contribution in [3.05, 3.63) is 0 Å². The van der Waals surface area contributed by atoms with Crippen molar-refractivity contribution in [2.45, 2.75) is 45.1 Å². The third-order valence-electron chi connectivity index (χ3n) is 3.80. The first-order valence-corrected chi connectivity index (χ1v) is 6.77. The molecule has 1 atom stereocenters. The largest absolute Gasteiger partial charge is 0.394 e. The van der Waals surface area contributed by atoms with Gasteiger partial charge >= 0.3 is 0 Å². The number of amides is 1. The standard InChI is InChI=1S/C13H26N2O3/c1-3-5-13(6-4-7-14-8-13)11(18)15-12(2,9-16)10-17/h14,16-17H,3-10H2,1-2H3,(H,15,18). The molecule has 0 aromatic heterocycles. The highest BCUT2D eigenvalue weighted by atomic mass is 16.3. The van der Waals surface area contributed by atoms with E-state index in [1.54, 1.807) is 6.92 Å². The van der Waals surface area contributed by atoms with Crippen molar-refractivity contribution in [3.63, 3.8) is 0 Å². The summed E-state index contributed by atoms with van der Waals surface area (Å²) >= 11 is 0. The van der Waals surface area contributed by atoms with E-state index < -0.39 is 11.0 Å². The van der Waals surface area contributed by atoms with Crippen LogP contribution in [0.3, 0.4) is 0 Å². The molecule has 0 aromatic carbocycles. The van der Waals surface area contributed by atoms with Crippen LogP contribution in [0.4, 0.5) is 0 Å². The molecule has 1 amide bonds. The summed E-state index contributed by atoms with van der Waals surface area (Å²) in [5.41, 5.74) is -1.33. The van der Waals surface area contributed by atoms with Gasteiger partial charge in [0.15, 0.2) is 0 Å². The number of rotatable bonds is 6. The zero-order chi connectivity index (χ0) is 13.6. The van der Waals surface area contributed by atoms with E-state index in [0.29, 0.717) is 6.54 Å². The Hall–Kier alpha value is -0.650. The molecule has 0 saturated carbocycles. The van der Waals surface area contributed by atoms with Gasteiger partial charge < -0.3 is 20.8 Å². The van der Waals surface area contributed by atoms with E-state index >= 15 is 0 Å². The molecule has 1 aliphatic heterocycles. The SMILES string of the molecule is CCCC1(C(=O)NC(C)(CO)CO)CCCNC1. The summed E-state index contributed by atoms with van der Waals surface area (Å²) in [5.74, 6) is -0.0536. The first kappa shape index (κ1) is 15.4. The van der Waals surface area contributed by atoms with E-state index in [4.69, 9.17) is 0 Å². The summed E-state index contributed by atoms with van der Waals surface area (Å²) in [7, 11) is 0. The molecule has 1 unspecified atom stereocenters. The average Bonchev–Trinajstić information content (AvgIpc) is 2.40. The number of aliphatic hydroxyl groups is 2. The van der Waals surface area contributed by atoms with Gasteiger partial charge in [-0.2, -0.15) is 0 Å². The Morgan fingerprint density at radius 1 is 1.44 bits per heavy atom. The second kappa shape index (κ2) is 6.50. The van der Waals surface area contributed by atoms with Crippen molar-refractivity contribution in [3.8, 4) is 0 Å². The number of hydrogen-bond acceptors (Lipinski definition) is 4. The summed E-state index contributed by atoms with van der Waals surface area (Å²) in [4.78, 5) is 12.5. The van der Waals surface area contributed by atoms with Crippen molar-refractivity contribution in [2.24, 2.45) is 5.41 Å². The third kappa shape index (κ3) is 3.43. The quantitative estimate of drug-likeness (QED) is 0.541. The topological polar surface area (TPSA) is 81.6 Å². The lowest BCUT2D eigenvalue weighted by molar-refractivity contribution is -0.135. The second-order valence-electron chi connectivity index (χ2n) is 5.64. The molecule has 0 radical (unpaired) electrons. The van der Waals surface area contributed by atoms with E-state index in [1.807, 2.05) is 0 Å². The molecular formula is C13H26N2O3. The Morgan fingerprint density at radius 2 is 2.11 bits per heavy atom. The molecule has 5 nitrogen and oxygen atoms in total. The minimum atomic E-state index is -0.935. The minimum absolute atomic E-state index is 0.0536. The maximum Gasteiger partial charge on any atom is 0.228 e. The number of hydrogen-bond donors (Lipinski definition) is 4. The predicted octanol–water partition coefficient (Wildman–Crippen LogP) is 0.0158. The number of aliphatic hydroxyl groups excluding tert-OH is 2. The van der Waals surface area contributed by atoms with E-state index in [2.05, 4.69) is 17.6 Å². The van der Waals surface area contributed by atoms with Gasteiger partial charge in [-0.05, 0) is 32.7 Å². The van der Waals surface area contributed by atoms with Crippen LogP contribution in [0.25, 0.3) is 0 Å². The van der Waals surface area contributed by atoms with Crippen molar-refractivity contribution in [2.75, 3.05) is 26.3 Å². The van der Waals surface area contributed by atoms with Gasteiger partial charge in [-0.15, -0.1) is 0 Å². The lowest BCUT2D eigenvalue weighted by Crippen LogP contribution is -2.59. The minimum Gasteiger partial charge on any atom is -0.394 e. The maximum absolute atomic E-state index is 12.5. The molecule has 1 aliphatic rings. The maximum atomic E-state index is 12.5. The highest BCUT2D eigenvalue weighted by molar-refractivity contribution is 5.83. The van der Waals surface area contributed by atoms with E-state index in [0.717, 1.165) is 32.2 Å². The highest BCUT2D eigenvalue weighted by Gasteiger charge is 2.41. The predicted molar refractivity (Wildman–Crippen MR) is 70.2 cm³/mol. The Bertz CT molecular complexity index is 266. The van der Waals surface area contributed by atoms with Crippen LogP contribution in [-0.4, -0.2) is 48.0 Å². The number of nitrogens with one attached hydrogen (secondary N) is 2. The summed E-state index contributed by atoms with van der Waals surface area (Å²) in [6.45, 7) is 4.84. The third-order valence-corrected chi connectivity index (χ3v) is 3.80. The van der Waals surface area contributed by atoms with Gasteiger partial charge in [0.1, 0.15) is 0 Å². The van der Waals surface area contributed by atoms with Crippen LogP contribution < -0.4 is 10.6 Å². The molecule has 1 saturated heterocycles. The normalized spacial score (nSPS) is 24.9. The zero-order valence-electron chi connectivity index (χ0n) is 11.5. The van der Waals surface area contributed by atoms with Gasteiger partial charge in [-0.3, -0.25) is 4.79 Å². The van der Waals surface area contributed by atoms with Crippen molar-refractivity contribution >= 4 is 5.91 Å². The molecule has 0 aromatic rings. The van der Waals surface area contributed by atoms with Crippen molar-refractivity contribution in [1.29, 1.82) is 0 Å². The fourth-order valence-electron chi connectivity index (χ4n) is 2.50. The van der Waals surface area contributed by atoms with Gasteiger partial charge in [0, 0.05) is 6.54 Å². The molecule has 106 valence electrons. The fourth-order valence-corrected chi connectivity index (χ4v) is 2.50. The molecule has 1 fully saturated rings. The van der Waals surface area contributed by atoms with E-state index in [-0.39, 0.29) is 19.1 Å². The van der Waals surface area contributed by atoms with E-state index in [1.165, 1.54) is 0 Å². The van der Waals surface area contributed by atoms with Gasteiger partial charge in [0.2, 0.25) is 5.91 Å². The summed E-state index contributed by atoms with van der Waals surface area (Å²) < 4.78 is 0. The Morgan fingerprint density at radius 3 is 2.56 bits per heavy atom. The van der Waals surface area contributed by atoms with Crippen LogP contribution in [0.2, 0.25) is 0 Å². The molecule has 0 spiro atoms. The van der Waals surface area contributed by atoms with Gasteiger partial charge in [-0.1, -0.05) is 13.3 Å². The molecule has 4 N–H and O–H groups in total. The monoisotopic (exact) mass is 258 g/mol. The lowest BCUT2D eigenvalue weighted by atomic mass is 9.75. The van der Waals surface area contributed by atoms with Gasteiger partial charge in [0.05, 0.1) is 24.2 Å². The lowest BCUT2D eigenvalue weighted by Gasteiger charge is -2.39. The zero-order valence-corrected chi connectivity index (χ0v) is 11.5. The molecule has 5 heteroatoms. The summed E-state index contributed by atoms with van der Waals surface area (Å²) in [6.07, 6.45) is 3.64. The van der Waals surface area contributed by atoms with Crippen molar-refractivity contribution < 1.29 is 15.0 Å². The van der Waals surface area contributed by atoms with Crippen LogP contribution >= 0.6 is 0 Å². The average molecular weight is 258 g/mol. The Labute approximate surface area is 109 Å². The number of carbonyl (C=O) groups excluding carboxylic acids is 1. The van der Waals surface area contributed by atoms with Crippen LogP contribution in [0.15, 0.2) is 0 Å². The van der Waals surface area contributed by atoms with Crippen LogP contribution in [0, 0.1) is 5.41 Å². The fraction of sp³-hybridized carbons (Fsp3) is 0.923. The first-order valence-electron chi connectivity index (χ1n) is 6.77. The Kier molecular flexibility index (Phi) is 5.56. The summed E-state index contributed by atoms with van der Waals surface area (Å²) in [5, 5.41) is 24.6. The number of carbonyl (C=O) groups is 1. The molecule has 1 heterocycles. The molecule has 18 heavy (non-hydrogen) atoms. The highest BCUT2D eigenvalue weighted by Crippen LogP contribution is 2.32. The summed E-state index contributed by atoms with van der Waals surface area (Å²) in [6, 6.07) is 0. The van der Waals surface area contributed by atoms with E-state index in [9.17, 15) is 15.0 Å². The first-order chi connectivity index (χ1) is 8.52. The molecule has 1 rings (SSSR count). The molecule has 0 bridgehead atoms. The van der Waals surface area contributed by atoms with Crippen LogP contribution in [0.5, 0.6) is 0 Å². The Balaban J connectivity index is 2.76. The van der Waals surface area contributed by atoms with Gasteiger partial charge in [-0.25, -0.2) is 0 Å². The number of piperidine rings is 1. The molecular weight excluding hydrogens is 232 g/mol. The van der Waals surface area contributed by atoms with Crippen molar-refractivity contribution in [1.82, 2.24) is 10.6 Å². The smallest absolute Gasteiger partial charge is 0.228 e. The second-order valence-corrected chi connectivity index (χ2v) is 5.64. The van der Waals surface area contributed by atoms with Crippen LogP contribution in [0.1, 0.15) is 39.5 Å². The van der Waals surface area contributed by atoms with Gasteiger partial charge in [0.25, 0.3) is 0 Å². The molecule has 0 aliphatic carbocycles. The van der Waals surface area contributed by atoms with Crippen LogP contribution in [-0.2, 0) is 4.79 Å².